The van der Waals surface area contributed by atoms with E-state index in [1.807, 2.05) is 12.1 Å². The predicted octanol–water partition coefficient (Wildman–Crippen LogP) is 8.30. The van der Waals surface area contributed by atoms with Gasteiger partial charge in [0.25, 0.3) is 0 Å². The fraction of sp³-hybridized carbons (Fsp3) is 0.394. The summed E-state index contributed by atoms with van der Waals surface area (Å²) in [5.41, 5.74) is 0.0497. The Labute approximate surface area is 298 Å². The average molecular weight is 951 g/mol. The van der Waals surface area contributed by atoms with Gasteiger partial charge in [0.15, 0.2) is 0 Å². The summed E-state index contributed by atoms with van der Waals surface area (Å²) in [6, 6.07) is 15.6. The van der Waals surface area contributed by atoms with Gasteiger partial charge in [0.2, 0.25) is 0 Å². The topological polar surface area (TPSA) is 110 Å². The lowest BCUT2D eigenvalue weighted by atomic mass is 9.48. The van der Waals surface area contributed by atoms with Crippen molar-refractivity contribution in [2.75, 3.05) is 0 Å². The van der Waals surface area contributed by atoms with Crippen LogP contribution >= 0.6 is 67.8 Å². The van der Waals surface area contributed by atoms with E-state index in [4.69, 9.17) is 9.47 Å². The van der Waals surface area contributed by atoms with Gasteiger partial charge in [-0.25, -0.2) is 13.2 Å². The van der Waals surface area contributed by atoms with Gasteiger partial charge in [-0.1, -0.05) is 44.2 Å². The monoisotopic (exact) mass is 951 g/mol. The maximum Gasteiger partial charge on any atom is 0.339 e. The fourth-order valence-electron chi connectivity index (χ4n) is 7.93. The van der Waals surface area contributed by atoms with Crippen LogP contribution in [0.4, 0.5) is 0 Å². The summed E-state index contributed by atoms with van der Waals surface area (Å²) in [7, 11) is -4.83. The summed E-state index contributed by atoms with van der Waals surface area (Å²) >= 11 is 6.61. The van der Waals surface area contributed by atoms with E-state index in [0.717, 1.165) is 30.0 Å². The number of halogens is 3. The fourth-order valence-corrected chi connectivity index (χ4v) is 11.3. The average Bonchev–Trinajstić information content (AvgIpc) is 2.93. The molecule has 232 valence electrons. The van der Waals surface area contributed by atoms with Crippen molar-refractivity contribution in [1.82, 2.24) is 0 Å². The van der Waals surface area contributed by atoms with Crippen molar-refractivity contribution >= 4 is 89.8 Å². The number of esters is 2. The number of hydrogen-bond acceptors (Lipinski definition) is 7. The Morgan fingerprint density at radius 1 is 0.955 bits per heavy atom. The van der Waals surface area contributed by atoms with Crippen LogP contribution in [0.15, 0.2) is 59.5 Å². The summed E-state index contributed by atoms with van der Waals surface area (Å²) in [5, 5.41) is 0. The Balaban J connectivity index is 1.34. The zero-order valence-corrected chi connectivity index (χ0v) is 31.4. The molecule has 4 fully saturated rings. The van der Waals surface area contributed by atoms with Gasteiger partial charge in [-0.2, -0.15) is 0 Å². The van der Waals surface area contributed by atoms with Crippen molar-refractivity contribution < 1.29 is 32.0 Å². The van der Waals surface area contributed by atoms with Crippen molar-refractivity contribution in [2.24, 2.45) is 17.3 Å². The van der Waals surface area contributed by atoms with Crippen LogP contribution in [0.2, 0.25) is 0 Å². The minimum atomic E-state index is -4.83. The second-order valence-electron chi connectivity index (χ2n) is 12.8. The maximum absolute atomic E-state index is 14.2. The Morgan fingerprint density at radius 3 is 2.23 bits per heavy atom. The molecule has 0 radical (unpaired) electrons. The quantitative estimate of drug-likeness (QED) is 0.0772. The molecule has 11 heteroatoms. The maximum atomic E-state index is 14.2. The summed E-state index contributed by atoms with van der Waals surface area (Å²) in [6.07, 6.45) is 4.18. The lowest BCUT2D eigenvalue weighted by Gasteiger charge is -2.59. The SMILES string of the molecule is CC(C)c1cc(OC(=O)C23CC4CC(CC(OC(=O)c5cc(I)cc(I)c5I)(C4)C2)C3)cc(-c2ccccc2)c1S(=O)(=O)[O-]. The molecule has 0 spiro atoms. The molecule has 4 aliphatic rings. The highest BCUT2D eigenvalue weighted by Gasteiger charge is 2.63. The van der Waals surface area contributed by atoms with Gasteiger partial charge >= 0.3 is 11.9 Å². The molecular formula is C33H30I3O7S-. The molecular weight excluding hydrogens is 921 g/mol. The van der Waals surface area contributed by atoms with E-state index < -0.39 is 27.1 Å². The molecule has 4 bridgehead atoms. The van der Waals surface area contributed by atoms with Gasteiger partial charge in [0.1, 0.15) is 21.5 Å². The predicted molar refractivity (Wildman–Crippen MR) is 189 cm³/mol. The van der Waals surface area contributed by atoms with Crippen molar-refractivity contribution in [1.29, 1.82) is 0 Å². The van der Waals surface area contributed by atoms with Crippen LogP contribution in [0.25, 0.3) is 11.1 Å². The van der Waals surface area contributed by atoms with Crippen molar-refractivity contribution in [3.8, 4) is 16.9 Å². The number of carbonyl (C=O) groups is 2. The van der Waals surface area contributed by atoms with Crippen molar-refractivity contribution in [2.45, 2.75) is 68.8 Å². The Kier molecular flexibility index (Phi) is 8.94. The Bertz CT molecular complexity index is 1760. The third-order valence-electron chi connectivity index (χ3n) is 9.22. The van der Waals surface area contributed by atoms with E-state index in [9.17, 15) is 22.6 Å². The molecule has 7 nitrogen and oxygen atoms in total. The highest BCUT2D eigenvalue weighted by molar-refractivity contribution is 14.1. The van der Waals surface area contributed by atoms with Crippen LogP contribution in [-0.4, -0.2) is 30.5 Å². The first-order valence-corrected chi connectivity index (χ1v) is 19.1. The molecule has 2 atom stereocenters. The molecule has 44 heavy (non-hydrogen) atoms. The number of ether oxygens (including phenoxy) is 2. The minimum absolute atomic E-state index is 0.203. The lowest BCUT2D eigenvalue weighted by molar-refractivity contribution is -0.189. The van der Waals surface area contributed by atoms with Gasteiger partial charge in [-0.05, 0) is 153 Å². The molecule has 0 aliphatic heterocycles. The van der Waals surface area contributed by atoms with E-state index in [1.54, 1.807) is 44.2 Å². The normalized spacial score (nSPS) is 25.7. The zero-order chi connectivity index (χ0) is 31.6. The summed E-state index contributed by atoms with van der Waals surface area (Å²) in [6.45, 7) is 3.61. The standard InChI is InChI=1S/C33H31I3O7S/c1-18(2)24-11-23(12-25(29(24)44(39,40)41)21-6-4-3-5-7-21)42-31(38)32-13-19-8-20(14-32)16-33(15-19,17-32)43-30(37)26-9-22(34)10-27(35)28(26)36/h3-7,9-12,18-20H,8,13-17H2,1-2H3,(H,39,40,41)/p-1. The van der Waals surface area contributed by atoms with Crippen molar-refractivity contribution in [3.63, 3.8) is 0 Å². The molecule has 4 aliphatic carbocycles. The Morgan fingerprint density at radius 2 is 1.61 bits per heavy atom. The molecule has 2 unspecified atom stereocenters. The first kappa shape index (κ1) is 32.6. The van der Waals surface area contributed by atoms with Gasteiger partial charge in [0.05, 0.1) is 15.9 Å². The van der Waals surface area contributed by atoms with E-state index in [1.165, 1.54) is 12.1 Å². The number of benzene rings is 3. The molecule has 0 N–H and O–H groups in total. The first-order chi connectivity index (χ1) is 20.7. The summed E-state index contributed by atoms with van der Waals surface area (Å²) < 4.78 is 52.8. The van der Waals surface area contributed by atoms with Crippen LogP contribution in [0.3, 0.4) is 0 Å². The molecule has 4 saturated carbocycles. The van der Waals surface area contributed by atoms with Crippen LogP contribution in [0, 0.1) is 28.0 Å². The third-order valence-corrected chi connectivity index (χ3v) is 13.8. The van der Waals surface area contributed by atoms with E-state index in [2.05, 4.69) is 67.8 Å². The number of carbonyl (C=O) groups excluding carboxylic acids is 2. The summed E-state index contributed by atoms with van der Waals surface area (Å²) in [5.74, 6) is -0.382. The number of rotatable bonds is 7. The minimum Gasteiger partial charge on any atom is -0.744 e. The molecule has 0 aromatic heterocycles. The molecule has 0 saturated heterocycles. The molecule has 0 heterocycles. The largest absolute Gasteiger partial charge is 0.744 e. The second kappa shape index (κ2) is 12.1. The Hall–Kier alpha value is -1.30. The highest BCUT2D eigenvalue weighted by Crippen LogP contribution is 2.63. The molecule has 0 amide bonds. The lowest BCUT2D eigenvalue weighted by Crippen LogP contribution is -2.60. The van der Waals surface area contributed by atoms with Gasteiger partial charge in [-0.15, -0.1) is 0 Å². The smallest absolute Gasteiger partial charge is 0.339 e. The number of hydrogen-bond donors (Lipinski definition) is 0. The van der Waals surface area contributed by atoms with Crippen LogP contribution in [-0.2, 0) is 19.6 Å². The van der Waals surface area contributed by atoms with Gasteiger partial charge < -0.3 is 14.0 Å². The second-order valence-corrected chi connectivity index (χ2v) is 17.6. The third kappa shape index (κ3) is 6.20. The molecule has 7 rings (SSSR count). The van der Waals surface area contributed by atoms with E-state index in [0.29, 0.717) is 36.0 Å². The van der Waals surface area contributed by atoms with E-state index >= 15 is 0 Å². The summed E-state index contributed by atoms with van der Waals surface area (Å²) in [4.78, 5) is 27.5. The molecule has 3 aromatic carbocycles. The van der Waals surface area contributed by atoms with E-state index in [-0.39, 0.29) is 39.9 Å². The first-order valence-electron chi connectivity index (χ1n) is 14.5. The zero-order valence-electron chi connectivity index (χ0n) is 24.1. The van der Waals surface area contributed by atoms with Gasteiger partial charge in [0, 0.05) is 22.7 Å². The highest BCUT2D eigenvalue weighted by atomic mass is 127. The van der Waals surface area contributed by atoms with Crippen molar-refractivity contribution in [3.05, 3.63) is 76.4 Å². The molecule has 3 aromatic rings. The van der Waals surface area contributed by atoms with Gasteiger partial charge in [-0.3, -0.25) is 4.79 Å². The van der Waals surface area contributed by atoms with Crippen LogP contribution in [0.5, 0.6) is 5.75 Å². The van der Waals surface area contributed by atoms with Crippen LogP contribution in [0.1, 0.15) is 74.2 Å². The van der Waals surface area contributed by atoms with Crippen LogP contribution < -0.4 is 4.74 Å².